The van der Waals surface area contributed by atoms with Crippen molar-refractivity contribution in [3.63, 3.8) is 0 Å². The van der Waals surface area contributed by atoms with E-state index in [1.807, 2.05) is 21.0 Å². The molecule has 0 rings (SSSR count). The van der Waals surface area contributed by atoms with E-state index in [1.165, 1.54) is 0 Å². The predicted octanol–water partition coefficient (Wildman–Crippen LogP) is 0.253. The fourth-order valence-corrected chi connectivity index (χ4v) is 0.718. The van der Waals surface area contributed by atoms with Gasteiger partial charge < -0.3 is 15.5 Å². The van der Waals surface area contributed by atoms with Crippen molar-refractivity contribution < 1.29 is 10.2 Å². The zero-order chi connectivity index (χ0) is 11.6. The Balaban J connectivity index is 0. The summed E-state index contributed by atoms with van der Waals surface area (Å²) in [6.45, 7) is 6.99. The third kappa shape index (κ3) is 14.4. The molecule has 14 heavy (non-hydrogen) atoms. The van der Waals surface area contributed by atoms with Crippen LogP contribution >= 0.6 is 0 Å². The van der Waals surface area contributed by atoms with Gasteiger partial charge in [0, 0.05) is 12.6 Å². The normalized spacial score (nSPS) is 12.6. The van der Waals surface area contributed by atoms with Gasteiger partial charge in [0.2, 0.25) is 0 Å². The van der Waals surface area contributed by atoms with Gasteiger partial charge in [-0.05, 0) is 20.5 Å². The van der Waals surface area contributed by atoms with Crippen molar-refractivity contribution in [1.82, 2.24) is 10.2 Å². The van der Waals surface area contributed by atoms with Gasteiger partial charge in [0.15, 0.2) is 0 Å². The van der Waals surface area contributed by atoms with E-state index in [9.17, 15) is 0 Å². The molecule has 0 saturated heterocycles. The highest BCUT2D eigenvalue weighted by Crippen LogP contribution is 1.90. The maximum Gasteiger partial charge on any atom is 0.106 e. The van der Waals surface area contributed by atoms with E-state index in [0.29, 0.717) is 12.6 Å². The number of aliphatic hydroxyl groups is 2. The fourth-order valence-electron chi connectivity index (χ4n) is 0.718. The summed E-state index contributed by atoms with van der Waals surface area (Å²) in [5.74, 6) is 0. The first-order chi connectivity index (χ1) is 6.45. The van der Waals surface area contributed by atoms with Crippen LogP contribution in [-0.4, -0.2) is 54.6 Å². The molecule has 88 valence electrons. The summed E-state index contributed by atoms with van der Waals surface area (Å²) in [6.07, 6.45) is 0.535. The molecule has 1 atom stereocenters. The average Bonchev–Trinajstić information content (AvgIpc) is 2.14. The SMILES string of the molecule is CC(C)NCCO.CCC(O)N(C)C. The maximum absolute atomic E-state index is 8.86. The van der Waals surface area contributed by atoms with Gasteiger partial charge in [-0.2, -0.15) is 0 Å². The minimum absolute atomic E-state index is 0.234. The summed E-state index contributed by atoms with van der Waals surface area (Å²) in [5, 5.41) is 20.2. The van der Waals surface area contributed by atoms with Crippen molar-refractivity contribution in [2.24, 2.45) is 0 Å². The minimum atomic E-state index is -0.264. The summed E-state index contributed by atoms with van der Waals surface area (Å²) >= 11 is 0. The molecular formula is C10H26N2O2. The molecule has 0 fully saturated rings. The molecule has 0 aliphatic carbocycles. The van der Waals surface area contributed by atoms with Crippen molar-refractivity contribution in [2.75, 3.05) is 27.2 Å². The largest absolute Gasteiger partial charge is 0.395 e. The van der Waals surface area contributed by atoms with Crippen molar-refractivity contribution in [1.29, 1.82) is 0 Å². The molecule has 0 radical (unpaired) electrons. The van der Waals surface area contributed by atoms with E-state index >= 15 is 0 Å². The number of nitrogens with zero attached hydrogens (tertiary/aromatic N) is 1. The van der Waals surface area contributed by atoms with E-state index in [-0.39, 0.29) is 12.8 Å². The topological polar surface area (TPSA) is 55.7 Å². The molecule has 4 heteroatoms. The smallest absolute Gasteiger partial charge is 0.106 e. The van der Waals surface area contributed by atoms with Crippen molar-refractivity contribution >= 4 is 0 Å². The van der Waals surface area contributed by atoms with Crippen LogP contribution in [0.4, 0.5) is 0 Å². The Labute approximate surface area is 87.9 Å². The lowest BCUT2D eigenvalue weighted by molar-refractivity contribution is 0.0377. The molecular weight excluding hydrogens is 180 g/mol. The van der Waals surface area contributed by atoms with E-state index in [2.05, 4.69) is 19.2 Å². The molecule has 0 amide bonds. The second-order valence-corrected chi connectivity index (χ2v) is 3.68. The van der Waals surface area contributed by atoms with Crippen LogP contribution in [0, 0.1) is 0 Å². The van der Waals surface area contributed by atoms with E-state index in [0.717, 1.165) is 6.42 Å². The third-order valence-electron chi connectivity index (χ3n) is 1.63. The Hall–Kier alpha value is -0.160. The summed E-state index contributed by atoms with van der Waals surface area (Å²) in [5.41, 5.74) is 0. The second kappa shape index (κ2) is 10.9. The quantitative estimate of drug-likeness (QED) is 0.565. The van der Waals surface area contributed by atoms with Crippen molar-refractivity contribution in [2.45, 2.75) is 39.5 Å². The number of rotatable bonds is 5. The first-order valence-electron chi connectivity index (χ1n) is 5.14. The van der Waals surface area contributed by atoms with Crippen LogP contribution in [0.1, 0.15) is 27.2 Å². The summed E-state index contributed by atoms with van der Waals surface area (Å²) in [6, 6.07) is 0.493. The summed E-state index contributed by atoms with van der Waals surface area (Å²) < 4.78 is 0. The lowest BCUT2D eigenvalue weighted by Gasteiger charge is -2.15. The van der Waals surface area contributed by atoms with E-state index in [1.54, 1.807) is 4.90 Å². The average molecular weight is 206 g/mol. The van der Waals surface area contributed by atoms with Crippen LogP contribution < -0.4 is 5.32 Å². The first-order valence-corrected chi connectivity index (χ1v) is 5.14. The molecule has 0 aromatic carbocycles. The minimum Gasteiger partial charge on any atom is -0.395 e. The highest BCUT2D eigenvalue weighted by atomic mass is 16.3. The van der Waals surface area contributed by atoms with Crippen LogP contribution in [0.2, 0.25) is 0 Å². The zero-order valence-corrected chi connectivity index (χ0v) is 10.1. The fraction of sp³-hybridized carbons (Fsp3) is 1.00. The summed E-state index contributed by atoms with van der Waals surface area (Å²) in [4.78, 5) is 1.78. The van der Waals surface area contributed by atoms with Crippen molar-refractivity contribution in [3.8, 4) is 0 Å². The molecule has 0 aromatic rings. The monoisotopic (exact) mass is 206 g/mol. The second-order valence-electron chi connectivity index (χ2n) is 3.68. The molecule has 0 spiro atoms. The highest BCUT2D eigenvalue weighted by molar-refractivity contribution is 4.49. The molecule has 0 aliphatic rings. The molecule has 0 heterocycles. The number of hydrogen-bond donors (Lipinski definition) is 3. The Kier molecular flexibility index (Phi) is 12.7. The van der Waals surface area contributed by atoms with Crippen LogP contribution in [0.15, 0.2) is 0 Å². The molecule has 0 saturated carbocycles. The van der Waals surface area contributed by atoms with E-state index in [4.69, 9.17) is 10.2 Å². The highest BCUT2D eigenvalue weighted by Gasteiger charge is 1.99. The summed E-state index contributed by atoms with van der Waals surface area (Å²) in [7, 11) is 3.71. The van der Waals surface area contributed by atoms with Crippen LogP contribution in [0.5, 0.6) is 0 Å². The number of hydrogen-bond acceptors (Lipinski definition) is 4. The predicted molar refractivity (Wildman–Crippen MR) is 60.2 cm³/mol. The standard InChI is InChI=1S/2C5H13NO/c1-5(2)6-3-4-7;1-4-5(7)6(2)3/h5-7H,3-4H2,1-2H3;5,7H,4H2,1-3H3. The van der Waals surface area contributed by atoms with Crippen LogP contribution in [0.25, 0.3) is 0 Å². The van der Waals surface area contributed by atoms with Gasteiger partial charge in [-0.25, -0.2) is 0 Å². The molecule has 0 aromatic heterocycles. The number of aliphatic hydroxyl groups excluding tert-OH is 2. The van der Waals surface area contributed by atoms with Crippen LogP contribution in [0.3, 0.4) is 0 Å². The van der Waals surface area contributed by atoms with Crippen molar-refractivity contribution in [3.05, 3.63) is 0 Å². The van der Waals surface area contributed by atoms with Gasteiger partial charge in [0.05, 0.1) is 6.61 Å². The van der Waals surface area contributed by atoms with Gasteiger partial charge in [-0.3, -0.25) is 4.90 Å². The Morgan fingerprint density at radius 2 is 1.79 bits per heavy atom. The molecule has 4 nitrogen and oxygen atoms in total. The van der Waals surface area contributed by atoms with Gasteiger partial charge in [-0.15, -0.1) is 0 Å². The van der Waals surface area contributed by atoms with Gasteiger partial charge in [0.1, 0.15) is 6.23 Å². The van der Waals surface area contributed by atoms with Gasteiger partial charge in [-0.1, -0.05) is 20.8 Å². The Bertz CT molecular complexity index is 108. The Morgan fingerprint density at radius 1 is 1.29 bits per heavy atom. The maximum atomic E-state index is 8.86. The number of nitrogens with one attached hydrogen (secondary N) is 1. The van der Waals surface area contributed by atoms with Gasteiger partial charge >= 0.3 is 0 Å². The molecule has 0 aliphatic heterocycles. The Morgan fingerprint density at radius 3 is 1.86 bits per heavy atom. The molecule has 3 N–H and O–H groups in total. The molecule has 1 unspecified atom stereocenters. The first kappa shape index (κ1) is 16.3. The zero-order valence-electron chi connectivity index (χ0n) is 10.1. The van der Waals surface area contributed by atoms with Crippen LogP contribution in [-0.2, 0) is 0 Å². The lowest BCUT2D eigenvalue weighted by Crippen LogP contribution is -2.26. The lowest BCUT2D eigenvalue weighted by atomic mass is 10.4. The van der Waals surface area contributed by atoms with Gasteiger partial charge in [0.25, 0.3) is 0 Å². The molecule has 0 bridgehead atoms. The third-order valence-corrected chi connectivity index (χ3v) is 1.63. The van der Waals surface area contributed by atoms with E-state index < -0.39 is 0 Å².